The summed E-state index contributed by atoms with van der Waals surface area (Å²) >= 11 is 0. The summed E-state index contributed by atoms with van der Waals surface area (Å²) in [7, 11) is -3.60. The molecule has 0 spiro atoms. The van der Waals surface area contributed by atoms with Gasteiger partial charge in [-0.25, -0.2) is 8.42 Å². The molecule has 33 heavy (non-hydrogen) atoms. The number of nitrogens with zero attached hydrogens (tertiary/aromatic N) is 3. The fourth-order valence-corrected chi connectivity index (χ4v) is 6.38. The van der Waals surface area contributed by atoms with E-state index in [0.29, 0.717) is 37.4 Å². The van der Waals surface area contributed by atoms with Crippen LogP contribution < -0.4 is 0 Å². The summed E-state index contributed by atoms with van der Waals surface area (Å²) in [6, 6.07) is 18.6. The van der Waals surface area contributed by atoms with Gasteiger partial charge in [0.2, 0.25) is 15.9 Å². The molecule has 6 nitrogen and oxygen atoms in total. The Morgan fingerprint density at radius 2 is 1.55 bits per heavy atom. The van der Waals surface area contributed by atoms with Gasteiger partial charge in [0.25, 0.3) is 0 Å². The molecule has 0 unspecified atom stereocenters. The Kier molecular flexibility index (Phi) is 7.46. The van der Waals surface area contributed by atoms with E-state index in [9.17, 15) is 13.2 Å². The van der Waals surface area contributed by atoms with Crippen molar-refractivity contribution in [3.63, 3.8) is 0 Å². The number of amides is 1. The minimum Gasteiger partial charge on any atom is -0.342 e. The molecular weight excluding hydrogens is 434 g/mol. The molecule has 2 heterocycles. The first-order valence-electron chi connectivity index (χ1n) is 11.8. The molecule has 2 fully saturated rings. The molecule has 174 valence electrons. The van der Waals surface area contributed by atoms with E-state index in [2.05, 4.69) is 24.3 Å². The van der Waals surface area contributed by atoms with Crippen LogP contribution >= 0.6 is 0 Å². The lowest BCUT2D eigenvalue weighted by Gasteiger charge is -2.37. The number of carbonyl (C=O) groups excluding carboxylic acids is 1. The van der Waals surface area contributed by atoms with Crippen molar-refractivity contribution in [3.8, 4) is 6.07 Å². The van der Waals surface area contributed by atoms with E-state index < -0.39 is 10.0 Å². The Hall–Kier alpha value is -2.69. The SMILES string of the molecule is N#Cc1ccc(S(=O)(=O)N2CCC(C(=O)N3CCC(CCc4ccccc4)CC3)CC2)cc1. The molecule has 4 rings (SSSR count). The van der Waals surface area contributed by atoms with Gasteiger partial charge in [-0.05, 0) is 74.3 Å². The third-order valence-corrected chi connectivity index (χ3v) is 8.95. The fraction of sp³-hybridized carbons (Fsp3) is 0.462. The van der Waals surface area contributed by atoms with Gasteiger partial charge in [-0.2, -0.15) is 9.57 Å². The van der Waals surface area contributed by atoms with Gasteiger partial charge in [0, 0.05) is 32.1 Å². The Bertz CT molecular complexity index is 1080. The molecule has 0 atom stereocenters. The normalized spacial score (nSPS) is 18.7. The van der Waals surface area contributed by atoms with Gasteiger partial charge in [0.15, 0.2) is 0 Å². The van der Waals surface area contributed by atoms with Crippen LogP contribution in [0.5, 0.6) is 0 Å². The number of hydrogen-bond acceptors (Lipinski definition) is 4. The Morgan fingerprint density at radius 3 is 2.15 bits per heavy atom. The summed E-state index contributed by atoms with van der Waals surface area (Å²) in [6.45, 7) is 2.32. The second kappa shape index (κ2) is 10.5. The highest BCUT2D eigenvalue weighted by Crippen LogP contribution is 2.28. The predicted octanol–water partition coefficient (Wildman–Crippen LogP) is 3.83. The third-order valence-electron chi connectivity index (χ3n) is 7.03. The molecule has 2 aromatic carbocycles. The smallest absolute Gasteiger partial charge is 0.243 e. The van der Waals surface area contributed by atoms with Gasteiger partial charge in [-0.3, -0.25) is 4.79 Å². The van der Waals surface area contributed by atoms with Crippen LogP contribution in [0, 0.1) is 23.2 Å². The van der Waals surface area contributed by atoms with Crippen molar-refractivity contribution in [2.24, 2.45) is 11.8 Å². The first kappa shape index (κ1) is 23.5. The molecule has 0 saturated carbocycles. The lowest BCUT2D eigenvalue weighted by molar-refractivity contribution is -0.138. The molecule has 2 saturated heterocycles. The zero-order chi connectivity index (χ0) is 23.3. The lowest BCUT2D eigenvalue weighted by atomic mass is 9.89. The van der Waals surface area contributed by atoms with Gasteiger partial charge < -0.3 is 4.90 Å². The molecule has 2 aliphatic heterocycles. The van der Waals surface area contributed by atoms with Gasteiger partial charge in [-0.15, -0.1) is 0 Å². The van der Waals surface area contributed by atoms with Crippen LogP contribution in [0.1, 0.15) is 43.2 Å². The van der Waals surface area contributed by atoms with E-state index in [1.54, 1.807) is 0 Å². The van der Waals surface area contributed by atoms with E-state index in [4.69, 9.17) is 5.26 Å². The van der Waals surface area contributed by atoms with Crippen molar-refractivity contribution < 1.29 is 13.2 Å². The van der Waals surface area contributed by atoms with E-state index in [0.717, 1.165) is 38.8 Å². The van der Waals surface area contributed by atoms with E-state index in [1.165, 1.54) is 34.1 Å². The number of hydrogen-bond donors (Lipinski definition) is 0. The third kappa shape index (κ3) is 5.63. The molecule has 0 bridgehead atoms. The molecule has 2 aliphatic rings. The van der Waals surface area contributed by atoms with Crippen LogP contribution in [0.3, 0.4) is 0 Å². The minimum absolute atomic E-state index is 0.0988. The van der Waals surface area contributed by atoms with Crippen LogP contribution in [-0.4, -0.2) is 49.7 Å². The Morgan fingerprint density at radius 1 is 0.909 bits per heavy atom. The Labute approximate surface area is 196 Å². The van der Waals surface area contributed by atoms with Gasteiger partial charge >= 0.3 is 0 Å². The standard InChI is InChI=1S/C26H31N3O3S/c27-20-23-8-10-25(11-9-23)33(31,32)29-18-14-24(15-19-29)26(30)28-16-12-22(13-17-28)7-6-21-4-2-1-3-5-21/h1-5,8-11,22,24H,6-7,12-19H2. The molecule has 0 aromatic heterocycles. The number of carbonyl (C=O) groups is 1. The maximum absolute atomic E-state index is 13.1. The van der Waals surface area contributed by atoms with Crippen molar-refractivity contribution >= 4 is 15.9 Å². The predicted molar refractivity (Wildman–Crippen MR) is 127 cm³/mol. The molecule has 2 aromatic rings. The summed E-state index contributed by atoms with van der Waals surface area (Å²) in [5, 5.41) is 8.91. The van der Waals surface area contributed by atoms with E-state index in [-0.39, 0.29) is 16.7 Å². The second-order valence-corrected chi connectivity index (χ2v) is 11.0. The van der Waals surface area contributed by atoms with Crippen molar-refractivity contribution in [1.82, 2.24) is 9.21 Å². The van der Waals surface area contributed by atoms with Crippen LogP contribution in [0.25, 0.3) is 0 Å². The highest BCUT2D eigenvalue weighted by molar-refractivity contribution is 7.89. The first-order chi connectivity index (χ1) is 16.0. The maximum atomic E-state index is 13.1. The van der Waals surface area contributed by atoms with Gasteiger partial charge in [0.1, 0.15) is 0 Å². The van der Waals surface area contributed by atoms with Gasteiger partial charge in [-0.1, -0.05) is 30.3 Å². The molecule has 0 N–H and O–H groups in total. The second-order valence-electron chi connectivity index (χ2n) is 9.11. The minimum atomic E-state index is -3.60. The zero-order valence-electron chi connectivity index (χ0n) is 18.9. The topological polar surface area (TPSA) is 81.5 Å². The maximum Gasteiger partial charge on any atom is 0.243 e. The average Bonchev–Trinajstić information content (AvgIpc) is 2.88. The van der Waals surface area contributed by atoms with Crippen LogP contribution in [-0.2, 0) is 21.2 Å². The van der Waals surface area contributed by atoms with Crippen molar-refractivity contribution in [2.75, 3.05) is 26.2 Å². The first-order valence-corrected chi connectivity index (χ1v) is 13.2. The number of aryl methyl sites for hydroxylation is 1. The lowest BCUT2D eigenvalue weighted by Crippen LogP contribution is -2.46. The van der Waals surface area contributed by atoms with Crippen molar-refractivity contribution in [3.05, 3.63) is 65.7 Å². The molecule has 1 amide bonds. The number of rotatable bonds is 6. The summed E-state index contributed by atoms with van der Waals surface area (Å²) in [5.41, 5.74) is 1.81. The van der Waals surface area contributed by atoms with Crippen molar-refractivity contribution in [1.29, 1.82) is 5.26 Å². The van der Waals surface area contributed by atoms with Crippen molar-refractivity contribution in [2.45, 2.75) is 43.4 Å². The fourth-order valence-electron chi connectivity index (χ4n) is 4.91. The highest BCUT2D eigenvalue weighted by Gasteiger charge is 2.34. The molecular formula is C26H31N3O3S. The van der Waals surface area contributed by atoms with E-state index >= 15 is 0 Å². The van der Waals surface area contributed by atoms with E-state index in [1.807, 2.05) is 17.0 Å². The number of benzene rings is 2. The molecule has 0 aliphatic carbocycles. The zero-order valence-corrected chi connectivity index (χ0v) is 19.7. The summed E-state index contributed by atoms with van der Waals surface area (Å²) < 4.78 is 27.3. The Balaban J connectivity index is 1.24. The van der Waals surface area contributed by atoms with Crippen LogP contribution in [0.2, 0.25) is 0 Å². The number of likely N-dealkylation sites (tertiary alicyclic amines) is 1. The monoisotopic (exact) mass is 465 g/mol. The number of nitriles is 1. The summed E-state index contributed by atoms with van der Waals surface area (Å²) in [6.07, 6.45) is 5.46. The molecule has 7 heteroatoms. The number of piperidine rings is 2. The average molecular weight is 466 g/mol. The summed E-state index contributed by atoms with van der Waals surface area (Å²) in [5.74, 6) is 0.749. The van der Waals surface area contributed by atoms with Gasteiger partial charge in [0.05, 0.1) is 16.5 Å². The number of sulfonamides is 1. The highest BCUT2D eigenvalue weighted by atomic mass is 32.2. The van der Waals surface area contributed by atoms with Crippen LogP contribution in [0.4, 0.5) is 0 Å². The molecule has 0 radical (unpaired) electrons. The summed E-state index contributed by atoms with van der Waals surface area (Å²) in [4.78, 5) is 15.3. The van der Waals surface area contributed by atoms with Crippen LogP contribution in [0.15, 0.2) is 59.5 Å². The quantitative estimate of drug-likeness (QED) is 0.649. The largest absolute Gasteiger partial charge is 0.342 e.